The van der Waals surface area contributed by atoms with Crippen LogP contribution >= 0.6 is 11.6 Å². The molecule has 2 atom stereocenters. The van der Waals surface area contributed by atoms with Gasteiger partial charge in [0.25, 0.3) is 0 Å². The molecule has 17 heavy (non-hydrogen) atoms. The molecule has 5 heteroatoms. The van der Waals surface area contributed by atoms with Gasteiger partial charge in [-0.2, -0.15) is 0 Å². The molecule has 2 nitrogen and oxygen atoms in total. The first-order valence-corrected chi connectivity index (χ1v) is 9.72. The molecule has 0 amide bonds. The molecule has 0 radical (unpaired) electrons. The van der Waals surface area contributed by atoms with Crippen LogP contribution in [0.2, 0.25) is 18.1 Å². The third-order valence-corrected chi connectivity index (χ3v) is 8.60. The van der Waals surface area contributed by atoms with Crippen LogP contribution in [0.5, 0.6) is 0 Å². The van der Waals surface area contributed by atoms with E-state index in [-0.39, 0.29) is 11.1 Å². The number of nitrogens with zero attached hydrogens (tertiary/aromatic N) is 1. The lowest BCUT2D eigenvalue weighted by Crippen LogP contribution is -2.46. The molecule has 1 heterocycles. The molecule has 0 aliphatic carbocycles. The van der Waals surface area contributed by atoms with Crippen molar-refractivity contribution in [3.8, 4) is 0 Å². The van der Waals surface area contributed by atoms with Gasteiger partial charge >= 0.3 is 0 Å². The van der Waals surface area contributed by atoms with E-state index in [9.17, 15) is 4.39 Å². The second kappa shape index (κ2) is 5.55. The maximum absolute atomic E-state index is 13.9. The van der Waals surface area contributed by atoms with Crippen LogP contribution in [0.4, 0.5) is 4.39 Å². The van der Waals surface area contributed by atoms with Crippen LogP contribution in [0.3, 0.4) is 0 Å². The van der Waals surface area contributed by atoms with E-state index in [2.05, 4.69) is 38.8 Å². The molecule has 0 spiro atoms. The van der Waals surface area contributed by atoms with Crippen LogP contribution in [0.1, 0.15) is 20.8 Å². The molecule has 1 rings (SSSR count). The molecule has 2 unspecified atom stereocenters. The summed E-state index contributed by atoms with van der Waals surface area (Å²) in [6.07, 6.45) is -1.13. The van der Waals surface area contributed by atoms with Gasteiger partial charge in [0.05, 0.1) is 6.10 Å². The van der Waals surface area contributed by atoms with Gasteiger partial charge in [0.2, 0.25) is 0 Å². The van der Waals surface area contributed by atoms with Gasteiger partial charge in [0.1, 0.15) is 6.17 Å². The summed E-state index contributed by atoms with van der Waals surface area (Å²) in [5.74, 6) is 0.555. The third kappa shape index (κ3) is 3.91. The van der Waals surface area contributed by atoms with Gasteiger partial charge < -0.3 is 4.43 Å². The minimum absolute atomic E-state index is 0.132. The number of alkyl halides is 2. The Bertz CT molecular complexity index is 257. The summed E-state index contributed by atoms with van der Waals surface area (Å²) in [6, 6.07) is 0. The Morgan fingerprint density at radius 3 is 2.41 bits per heavy atom. The van der Waals surface area contributed by atoms with Crippen molar-refractivity contribution >= 4 is 19.9 Å². The normalized spacial score (nSPS) is 27.7. The number of halogens is 2. The monoisotopic (exact) mass is 281 g/mol. The Balaban J connectivity index is 2.58. The van der Waals surface area contributed by atoms with Crippen molar-refractivity contribution in [1.29, 1.82) is 0 Å². The van der Waals surface area contributed by atoms with E-state index in [1.165, 1.54) is 0 Å². The van der Waals surface area contributed by atoms with E-state index >= 15 is 0 Å². The van der Waals surface area contributed by atoms with Crippen LogP contribution in [0, 0.1) is 0 Å². The molecular formula is C12H25ClFNOSi. The lowest BCUT2D eigenvalue weighted by Gasteiger charge is -2.38. The second-order valence-corrected chi connectivity index (χ2v) is 11.5. The number of hydrogen-bond acceptors (Lipinski definition) is 2. The highest BCUT2D eigenvalue weighted by Crippen LogP contribution is 2.38. The highest BCUT2D eigenvalue weighted by molar-refractivity contribution is 6.74. The average molecular weight is 282 g/mol. The van der Waals surface area contributed by atoms with Crippen molar-refractivity contribution in [3.05, 3.63) is 0 Å². The van der Waals surface area contributed by atoms with E-state index in [0.29, 0.717) is 19.0 Å². The van der Waals surface area contributed by atoms with E-state index in [0.717, 1.165) is 6.54 Å². The zero-order chi connectivity index (χ0) is 13.3. The molecule has 102 valence electrons. The fourth-order valence-electron chi connectivity index (χ4n) is 1.78. The number of hydrogen-bond donors (Lipinski definition) is 0. The quantitative estimate of drug-likeness (QED) is 0.579. The first-order chi connectivity index (χ1) is 7.67. The highest BCUT2D eigenvalue weighted by atomic mass is 35.5. The Labute approximate surface area is 111 Å². The molecule has 0 aromatic rings. The van der Waals surface area contributed by atoms with Crippen molar-refractivity contribution in [2.24, 2.45) is 0 Å². The maximum Gasteiger partial charge on any atom is 0.192 e. The van der Waals surface area contributed by atoms with Gasteiger partial charge in [-0.05, 0) is 18.1 Å². The molecule has 1 aliphatic heterocycles. The molecule has 1 aliphatic rings. The van der Waals surface area contributed by atoms with Gasteiger partial charge in [-0.15, -0.1) is 11.6 Å². The minimum Gasteiger partial charge on any atom is -0.410 e. The lowest BCUT2D eigenvalue weighted by molar-refractivity contribution is 0.123. The van der Waals surface area contributed by atoms with E-state index in [1.54, 1.807) is 0 Å². The zero-order valence-electron chi connectivity index (χ0n) is 11.6. The van der Waals surface area contributed by atoms with Crippen LogP contribution in [-0.4, -0.2) is 51.0 Å². The zero-order valence-corrected chi connectivity index (χ0v) is 13.4. The predicted octanol–water partition coefficient (Wildman–Crippen LogP) is 3.27. The van der Waals surface area contributed by atoms with Crippen molar-refractivity contribution in [3.63, 3.8) is 0 Å². The van der Waals surface area contributed by atoms with Gasteiger partial charge in [-0.3, -0.25) is 4.90 Å². The molecule has 0 N–H and O–H groups in total. The molecular weight excluding hydrogens is 257 g/mol. The maximum atomic E-state index is 13.9. The van der Waals surface area contributed by atoms with Gasteiger partial charge in [0, 0.05) is 25.5 Å². The van der Waals surface area contributed by atoms with Gasteiger partial charge in [-0.1, -0.05) is 20.8 Å². The van der Waals surface area contributed by atoms with Gasteiger partial charge in [0.15, 0.2) is 8.32 Å². The summed E-state index contributed by atoms with van der Waals surface area (Å²) in [7, 11) is -1.86. The number of rotatable bonds is 4. The van der Waals surface area contributed by atoms with Crippen molar-refractivity contribution in [2.45, 2.75) is 51.2 Å². The first-order valence-electron chi connectivity index (χ1n) is 6.27. The SMILES string of the molecule is CC(C)(C)[Si](C)(C)OC1CN(CCCl)CC1F. The minimum atomic E-state index is -1.86. The fraction of sp³-hybridized carbons (Fsp3) is 1.00. The molecule has 1 fully saturated rings. The standard InChI is InChI=1S/C12H25ClFNOSi/c1-12(2,3)17(4,5)16-11-9-15(7-6-13)8-10(11)14/h10-11H,6-9H2,1-5H3. The smallest absolute Gasteiger partial charge is 0.192 e. The summed E-state index contributed by atoms with van der Waals surface area (Å²) in [4.78, 5) is 2.05. The summed E-state index contributed by atoms with van der Waals surface area (Å²) >= 11 is 5.69. The molecule has 0 aromatic carbocycles. The van der Waals surface area contributed by atoms with Crippen LogP contribution in [0.25, 0.3) is 0 Å². The highest BCUT2D eigenvalue weighted by Gasteiger charge is 2.43. The predicted molar refractivity (Wildman–Crippen MR) is 74.1 cm³/mol. The molecule has 1 saturated heterocycles. The van der Waals surface area contributed by atoms with Crippen LogP contribution < -0.4 is 0 Å². The summed E-state index contributed by atoms with van der Waals surface area (Å²) in [6.45, 7) is 12.8. The van der Waals surface area contributed by atoms with Crippen molar-refractivity contribution in [2.75, 3.05) is 25.5 Å². The Morgan fingerprint density at radius 1 is 1.35 bits per heavy atom. The largest absolute Gasteiger partial charge is 0.410 e. The third-order valence-electron chi connectivity index (χ3n) is 3.93. The number of likely N-dealkylation sites (tertiary alicyclic amines) is 1. The van der Waals surface area contributed by atoms with Crippen LogP contribution in [0.15, 0.2) is 0 Å². The Morgan fingerprint density at radius 2 is 1.94 bits per heavy atom. The van der Waals surface area contributed by atoms with Crippen molar-refractivity contribution < 1.29 is 8.82 Å². The Kier molecular flexibility index (Phi) is 5.03. The summed E-state index contributed by atoms with van der Waals surface area (Å²) in [5.41, 5.74) is 0. The second-order valence-electron chi connectivity index (χ2n) is 6.38. The van der Waals surface area contributed by atoms with Crippen LogP contribution in [-0.2, 0) is 4.43 Å². The van der Waals surface area contributed by atoms with E-state index in [4.69, 9.17) is 16.0 Å². The summed E-state index contributed by atoms with van der Waals surface area (Å²) < 4.78 is 20.0. The lowest BCUT2D eigenvalue weighted by atomic mass is 10.2. The van der Waals surface area contributed by atoms with E-state index in [1.807, 2.05) is 0 Å². The topological polar surface area (TPSA) is 12.5 Å². The first kappa shape index (κ1) is 15.4. The fourth-order valence-corrected chi connectivity index (χ4v) is 3.35. The van der Waals surface area contributed by atoms with Crippen molar-refractivity contribution in [1.82, 2.24) is 4.90 Å². The summed E-state index contributed by atoms with van der Waals surface area (Å²) in [5, 5.41) is 0.132. The van der Waals surface area contributed by atoms with Gasteiger partial charge in [-0.25, -0.2) is 4.39 Å². The molecule has 0 aromatic heterocycles. The molecule has 0 bridgehead atoms. The molecule has 0 saturated carbocycles. The van der Waals surface area contributed by atoms with E-state index < -0.39 is 14.5 Å². The average Bonchev–Trinajstić information content (AvgIpc) is 2.44. The Hall–Kier alpha value is 0.357.